The number of nitrogens with one attached hydrogen (secondary N) is 1. The Balaban J connectivity index is 1.62. The summed E-state index contributed by atoms with van der Waals surface area (Å²) in [6.07, 6.45) is 1.78. The Hall–Kier alpha value is -2.30. The standard InChI is InChI=1S/C25H17Br2Cl2N3O/c1-13-5-22-23(6-14(13)2)32-25(31-22)17(11-30)7-15-8-19(26)24(20(27)9-15)33-12-16-3-4-18(28)10-21(16)29/h3-10H,12H2,1-2H3,(H,31,32)/b17-7+. The molecule has 4 aromatic rings. The van der Waals surface area contributed by atoms with E-state index in [0.29, 0.717) is 27.2 Å². The minimum Gasteiger partial charge on any atom is -0.486 e. The molecule has 0 atom stereocenters. The molecule has 4 rings (SSSR count). The molecule has 1 heterocycles. The summed E-state index contributed by atoms with van der Waals surface area (Å²) >= 11 is 19.3. The summed E-state index contributed by atoms with van der Waals surface area (Å²) < 4.78 is 7.46. The van der Waals surface area contributed by atoms with Crippen molar-refractivity contribution in [2.45, 2.75) is 20.5 Å². The molecule has 0 fully saturated rings. The summed E-state index contributed by atoms with van der Waals surface area (Å²) in [5.41, 5.74) is 6.14. The predicted octanol–water partition coefficient (Wildman–Crippen LogP) is 8.65. The largest absolute Gasteiger partial charge is 0.486 e. The van der Waals surface area contributed by atoms with Gasteiger partial charge in [-0.25, -0.2) is 4.98 Å². The van der Waals surface area contributed by atoms with Gasteiger partial charge >= 0.3 is 0 Å². The van der Waals surface area contributed by atoms with Crippen LogP contribution in [-0.4, -0.2) is 9.97 Å². The lowest BCUT2D eigenvalue weighted by molar-refractivity contribution is 0.302. The van der Waals surface area contributed by atoms with Gasteiger partial charge in [0.2, 0.25) is 0 Å². The highest BCUT2D eigenvalue weighted by Gasteiger charge is 2.13. The second-order valence-corrected chi connectivity index (χ2v) is 10.1. The van der Waals surface area contributed by atoms with Crippen molar-refractivity contribution < 1.29 is 4.74 Å². The zero-order valence-corrected chi connectivity index (χ0v) is 22.3. The first-order valence-corrected chi connectivity index (χ1v) is 12.2. The molecule has 1 N–H and O–H groups in total. The number of hydrogen-bond acceptors (Lipinski definition) is 3. The Kier molecular flexibility index (Phi) is 7.16. The van der Waals surface area contributed by atoms with Gasteiger partial charge in [0.05, 0.1) is 25.6 Å². The summed E-state index contributed by atoms with van der Waals surface area (Å²) in [7, 11) is 0. The molecule has 0 saturated heterocycles. The number of hydrogen-bond donors (Lipinski definition) is 1. The molecule has 1 aromatic heterocycles. The molecule has 8 heteroatoms. The van der Waals surface area contributed by atoms with Gasteiger partial charge < -0.3 is 9.72 Å². The third kappa shape index (κ3) is 5.28. The number of halogens is 4. The third-order valence-electron chi connectivity index (χ3n) is 5.19. The van der Waals surface area contributed by atoms with Gasteiger partial charge in [-0.2, -0.15) is 5.26 Å². The minimum absolute atomic E-state index is 0.281. The lowest BCUT2D eigenvalue weighted by Crippen LogP contribution is -1.98. The van der Waals surface area contributed by atoms with Crippen LogP contribution in [0.3, 0.4) is 0 Å². The van der Waals surface area contributed by atoms with Crippen LogP contribution >= 0.6 is 55.1 Å². The van der Waals surface area contributed by atoms with Gasteiger partial charge in [0, 0.05) is 15.6 Å². The molecule has 0 unspecified atom stereocenters. The number of aromatic amines is 1. The number of allylic oxidation sites excluding steroid dienone is 1. The van der Waals surface area contributed by atoms with E-state index in [1.165, 1.54) is 5.56 Å². The molecule has 0 aliphatic heterocycles. The van der Waals surface area contributed by atoms with Crippen LogP contribution in [0.5, 0.6) is 5.75 Å². The number of aromatic nitrogens is 2. The van der Waals surface area contributed by atoms with E-state index in [1.807, 2.05) is 37.3 Å². The first kappa shape index (κ1) is 23.8. The first-order chi connectivity index (χ1) is 15.7. The number of nitriles is 1. The molecule has 0 bridgehead atoms. The highest BCUT2D eigenvalue weighted by atomic mass is 79.9. The summed E-state index contributed by atoms with van der Waals surface area (Å²) in [4.78, 5) is 7.86. The lowest BCUT2D eigenvalue weighted by Gasteiger charge is -2.12. The van der Waals surface area contributed by atoms with Gasteiger partial charge in [-0.3, -0.25) is 0 Å². The zero-order chi connectivity index (χ0) is 23.7. The monoisotopic (exact) mass is 603 g/mol. The van der Waals surface area contributed by atoms with E-state index in [9.17, 15) is 5.26 Å². The smallest absolute Gasteiger partial charge is 0.149 e. The molecule has 0 radical (unpaired) electrons. The number of rotatable bonds is 5. The molecule has 3 aromatic carbocycles. The summed E-state index contributed by atoms with van der Waals surface area (Å²) in [5, 5.41) is 10.9. The van der Waals surface area contributed by atoms with Crippen LogP contribution in [0.1, 0.15) is 28.1 Å². The fourth-order valence-corrected chi connectivity index (χ4v) is 5.22. The highest BCUT2D eigenvalue weighted by molar-refractivity contribution is 9.11. The molecule has 0 amide bonds. The Morgan fingerprint density at radius 1 is 1.09 bits per heavy atom. The van der Waals surface area contributed by atoms with E-state index in [4.69, 9.17) is 27.9 Å². The van der Waals surface area contributed by atoms with Crippen LogP contribution in [0.25, 0.3) is 22.7 Å². The van der Waals surface area contributed by atoms with Crippen molar-refractivity contribution >= 4 is 77.7 Å². The number of H-pyrrole nitrogens is 1. The van der Waals surface area contributed by atoms with Crippen molar-refractivity contribution in [3.8, 4) is 11.8 Å². The van der Waals surface area contributed by atoms with Gasteiger partial charge in [0.15, 0.2) is 0 Å². The molecule has 166 valence electrons. The van der Waals surface area contributed by atoms with Gasteiger partial charge in [-0.15, -0.1) is 0 Å². The normalized spacial score (nSPS) is 11.6. The number of aryl methyl sites for hydroxylation is 2. The first-order valence-electron chi connectivity index (χ1n) is 9.90. The van der Waals surface area contributed by atoms with Gasteiger partial charge in [0.1, 0.15) is 24.3 Å². The quantitative estimate of drug-likeness (QED) is 0.232. The Labute approximate surface area is 218 Å². The maximum absolute atomic E-state index is 9.78. The van der Waals surface area contributed by atoms with Crippen molar-refractivity contribution in [2.75, 3.05) is 0 Å². The fraction of sp³-hybridized carbons (Fsp3) is 0.120. The summed E-state index contributed by atoms with van der Waals surface area (Å²) in [6, 6.07) is 15.4. The summed E-state index contributed by atoms with van der Waals surface area (Å²) in [6.45, 7) is 4.38. The van der Waals surface area contributed by atoms with Crippen LogP contribution < -0.4 is 4.74 Å². The number of nitrogens with zero attached hydrogens (tertiary/aromatic N) is 2. The van der Waals surface area contributed by atoms with Crippen molar-refractivity contribution in [2.24, 2.45) is 0 Å². The van der Waals surface area contributed by atoms with Crippen molar-refractivity contribution in [3.05, 3.63) is 89.5 Å². The minimum atomic E-state index is 0.281. The maximum atomic E-state index is 9.78. The number of ether oxygens (including phenoxy) is 1. The maximum Gasteiger partial charge on any atom is 0.149 e. The van der Waals surface area contributed by atoms with Crippen LogP contribution in [0.15, 0.2) is 51.4 Å². The van der Waals surface area contributed by atoms with Crippen LogP contribution in [0.2, 0.25) is 10.0 Å². The van der Waals surface area contributed by atoms with Crippen LogP contribution in [0.4, 0.5) is 0 Å². The third-order valence-corrected chi connectivity index (χ3v) is 6.96. The second kappa shape index (κ2) is 9.90. The Morgan fingerprint density at radius 2 is 1.79 bits per heavy atom. The van der Waals surface area contributed by atoms with Gasteiger partial charge in [-0.1, -0.05) is 29.3 Å². The van der Waals surface area contributed by atoms with Crippen LogP contribution in [-0.2, 0) is 6.61 Å². The predicted molar refractivity (Wildman–Crippen MR) is 142 cm³/mol. The molecule has 0 aliphatic carbocycles. The SMILES string of the molecule is Cc1cc2nc(/C(C#N)=C/c3cc(Br)c(OCc4ccc(Cl)cc4Cl)c(Br)c3)[nH]c2cc1C. The average molecular weight is 606 g/mol. The number of fused-ring (bicyclic) bond motifs is 1. The second-order valence-electron chi connectivity index (χ2n) is 7.55. The molecule has 33 heavy (non-hydrogen) atoms. The molecular formula is C25H17Br2Cl2N3O. The number of imidazole rings is 1. The molecule has 0 spiro atoms. The van der Waals surface area contributed by atoms with E-state index in [-0.39, 0.29) is 6.61 Å². The average Bonchev–Trinajstić information content (AvgIpc) is 3.15. The zero-order valence-electron chi connectivity index (χ0n) is 17.6. The molecule has 4 nitrogen and oxygen atoms in total. The van der Waals surface area contributed by atoms with Crippen molar-refractivity contribution in [1.82, 2.24) is 9.97 Å². The molecule has 0 saturated carbocycles. The molecule has 0 aliphatic rings. The topological polar surface area (TPSA) is 61.7 Å². The van der Waals surface area contributed by atoms with E-state index in [0.717, 1.165) is 36.7 Å². The van der Waals surface area contributed by atoms with E-state index < -0.39 is 0 Å². The van der Waals surface area contributed by atoms with Gasteiger partial charge in [-0.05, 0) is 105 Å². The van der Waals surface area contributed by atoms with E-state index in [1.54, 1.807) is 18.2 Å². The van der Waals surface area contributed by atoms with Crippen molar-refractivity contribution in [3.63, 3.8) is 0 Å². The molecular weight excluding hydrogens is 589 g/mol. The highest BCUT2D eigenvalue weighted by Crippen LogP contribution is 2.37. The summed E-state index contributed by atoms with van der Waals surface area (Å²) in [5.74, 6) is 1.16. The van der Waals surface area contributed by atoms with Crippen LogP contribution in [0, 0.1) is 25.2 Å². The van der Waals surface area contributed by atoms with Gasteiger partial charge in [0.25, 0.3) is 0 Å². The van der Waals surface area contributed by atoms with Crippen molar-refractivity contribution in [1.29, 1.82) is 5.26 Å². The Morgan fingerprint density at radius 3 is 2.45 bits per heavy atom. The lowest BCUT2D eigenvalue weighted by atomic mass is 10.1. The van der Waals surface area contributed by atoms with E-state index >= 15 is 0 Å². The van der Waals surface area contributed by atoms with E-state index in [2.05, 4.69) is 54.8 Å². The number of benzene rings is 3. The fourth-order valence-electron chi connectivity index (χ4n) is 3.31. The Bertz CT molecular complexity index is 1390.